The Morgan fingerprint density at radius 3 is 2.82 bits per heavy atom. The predicted octanol–water partition coefficient (Wildman–Crippen LogP) is 2.88. The molecule has 0 saturated carbocycles. The van der Waals surface area contributed by atoms with Gasteiger partial charge in [-0.05, 0) is 52.9 Å². The van der Waals surface area contributed by atoms with Crippen LogP contribution in [0.1, 0.15) is 5.69 Å². The number of nitriles is 1. The molecule has 2 aromatic rings. The molecule has 1 aromatic carbocycles. The summed E-state index contributed by atoms with van der Waals surface area (Å²) in [6.45, 7) is 0. The van der Waals surface area contributed by atoms with Crippen LogP contribution in [0.4, 0.5) is 17.2 Å². The van der Waals surface area contributed by atoms with E-state index in [9.17, 15) is 0 Å². The normalized spacial score (nSPS) is 9.65. The van der Waals surface area contributed by atoms with Crippen LogP contribution in [0.25, 0.3) is 0 Å². The Balaban J connectivity index is 2.28. The summed E-state index contributed by atoms with van der Waals surface area (Å²) in [7, 11) is 0. The first kappa shape index (κ1) is 11.7. The number of aromatic nitrogens is 1. The Bertz CT molecular complexity index is 589. The summed E-state index contributed by atoms with van der Waals surface area (Å²) in [5, 5.41) is 12.0. The molecule has 0 spiro atoms. The lowest BCUT2D eigenvalue weighted by Gasteiger charge is -2.06. The molecule has 0 bridgehead atoms. The molecule has 17 heavy (non-hydrogen) atoms. The van der Waals surface area contributed by atoms with Gasteiger partial charge in [0.2, 0.25) is 0 Å². The first-order valence-corrected chi connectivity index (χ1v) is 5.96. The molecule has 84 valence electrons. The van der Waals surface area contributed by atoms with Crippen LogP contribution in [0, 0.1) is 14.9 Å². The van der Waals surface area contributed by atoms with Crippen molar-refractivity contribution in [3.05, 3.63) is 45.7 Å². The minimum absolute atomic E-state index is 0.237. The van der Waals surface area contributed by atoms with Crippen molar-refractivity contribution in [1.82, 2.24) is 4.98 Å². The zero-order valence-electron chi connectivity index (χ0n) is 8.81. The van der Waals surface area contributed by atoms with E-state index >= 15 is 0 Å². The largest absolute Gasteiger partial charge is 0.396 e. The second kappa shape index (κ2) is 5.01. The molecule has 3 N–H and O–H groups in total. The van der Waals surface area contributed by atoms with Crippen LogP contribution in [-0.2, 0) is 0 Å². The Morgan fingerprint density at radius 2 is 2.12 bits per heavy atom. The molecule has 0 fully saturated rings. The minimum atomic E-state index is 0.237. The number of anilines is 3. The van der Waals surface area contributed by atoms with Crippen molar-refractivity contribution in [3.63, 3.8) is 0 Å². The highest BCUT2D eigenvalue weighted by Crippen LogP contribution is 2.19. The van der Waals surface area contributed by atoms with Gasteiger partial charge < -0.3 is 11.1 Å². The summed E-state index contributed by atoms with van der Waals surface area (Å²) in [5.74, 6) is 0.609. The molecule has 1 aromatic heterocycles. The number of nitrogens with two attached hydrogens (primary N) is 1. The van der Waals surface area contributed by atoms with Crippen molar-refractivity contribution < 1.29 is 0 Å². The van der Waals surface area contributed by atoms with Crippen molar-refractivity contribution in [2.75, 3.05) is 11.1 Å². The summed E-state index contributed by atoms with van der Waals surface area (Å²) in [6.07, 6.45) is 0. The molecule has 0 aliphatic carbocycles. The number of nitrogens with zero attached hydrogens (tertiary/aromatic N) is 2. The van der Waals surface area contributed by atoms with Gasteiger partial charge in [0.05, 0.1) is 5.69 Å². The molecule has 1 heterocycles. The van der Waals surface area contributed by atoms with Gasteiger partial charge in [0.15, 0.2) is 5.69 Å². The summed E-state index contributed by atoms with van der Waals surface area (Å²) in [4.78, 5) is 4.12. The highest BCUT2D eigenvalue weighted by Gasteiger charge is 2.02. The number of hydrogen-bond acceptors (Lipinski definition) is 4. The number of hydrogen-bond donors (Lipinski definition) is 2. The Hall–Kier alpha value is -1.81. The van der Waals surface area contributed by atoms with Gasteiger partial charge in [0.1, 0.15) is 11.9 Å². The van der Waals surface area contributed by atoms with Crippen molar-refractivity contribution >= 4 is 39.8 Å². The van der Waals surface area contributed by atoms with Gasteiger partial charge >= 0.3 is 0 Å². The maximum absolute atomic E-state index is 8.83. The number of halogens is 1. The second-order valence-corrected chi connectivity index (χ2v) is 4.63. The highest BCUT2D eigenvalue weighted by atomic mass is 127. The Labute approximate surface area is 113 Å². The van der Waals surface area contributed by atoms with Crippen molar-refractivity contribution in [2.24, 2.45) is 0 Å². The predicted molar refractivity (Wildman–Crippen MR) is 75.8 cm³/mol. The number of pyridine rings is 1. The third-order valence-corrected chi connectivity index (χ3v) is 2.80. The summed E-state index contributed by atoms with van der Waals surface area (Å²) in [6, 6.07) is 13.3. The second-order valence-electron chi connectivity index (χ2n) is 3.38. The first-order chi connectivity index (χ1) is 8.19. The van der Waals surface area contributed by atoms with Gasteiger partial charge in [-0.15, -0.1) is 0 Å². The van der Waals surface area contributed by atoms with E-state index in [1.54, 1.807) is 12.1 Å². The molecular formula is C12H9IN4. The maximum atomic E-state index is 8.83. The summed E-state index contributed by atoms with van der Waals surface area (Å²) >= 11 is 2.23. The number of rotatable bonds is 2. The van der Waals surface area contributed by atoms with Crippen LogP contribution in [0.15, 0.2) is 36.4 Å². The van der Waals surface area contributed by atoms with E-state index in [1.165, 1.54) is 0 Å². The van der Waals surface area contributed by atoms with Gasteiger partial charge in [0, 0.05) is 9.26 Å². The number of benzene rings is 1. The SMILES string of the molecule is N#Cc1nc(Nc2cccc(I)c2)ccc1N. The molecule has 0 aliphatic rings. The topological polar surface area (TPSA) is 74.7 Å². The fraction of sp³-hybridized carbons (Fsp3) is 0. The van der Waals surface area contributed by atoms with Crippen LogP contribution >= 0.6 is 22.6 Å². The van der Waals surface area contributed by atoms with Crippen molar-refractivity contribution in [3.8, 4) is 6.07 Å². The average Bonchev–Trinajstić information content (AvgIpc) is 2.32. The fourth-order valence-corrected chi connectivity index (χ4v) is 1.89. The zero-order chi connectivity index (χ0) is 12.3. The minimum Gasteiger partial charge on any atom is -0.396 e. The third kappa shape index (κ3) is 2.85. The lowest BCUT2D eigenvalue weighted by atomic mass is 10.3. The maximum Gasteiger partial charge on any atom is 0.165 e. The van der Waals surface area contributed by atoms with Crippen molar-refractivity contribution in [2.45, 2.75) is 0 Å². The average molecular weight is 336 g/mol. The highest BCUT2D eigenvalue weighted by molar-refractivity contribution is 14.1. The molecule has 0 saturated heterocycles. The van der Waals surface area contributed by atoms with Crippen LogP contribution in [0.5, 0.6) is 0 Å². The van der Waals surface area contributed by atoms with E-state index in [4.69, 9.17) is 11.0 Å². The Kier molecular flexibility index (Phi) is 3.44. The molecule has 0 aliphatic heterocycles. The smallest absolute Gasteiger partial charge is 0.165 e. The zero-order valence-corrected chi connectivity index (χ0v) is 11.0. The molecule has 4 nitrogen and oxygen atoms in total. The van der Waals surface area contributed by atoms with E-state index < -0.39 is 0 Å². The van der Waals surface area contributed by atoms with E-state index in [2.05, 4.69) is 32.9 Å². The lowest BCUT2D eigenvalue weighted by Crippen LogP contribution is -1.99. The molecule has 0 unspecified atom stereocenters. The van der Waals surface area contributed by atoms with Gasteiger partial charge in [-0.1, -0.05) is 6.07 Å². The Morgan fingerprint density at radius 1 is 1.29 bits per heavy atom. The van der Waals surface area contributed by atoms with E-state index in [-0.39, 0.29) is 5.69 Å². The van der Waals surface area contributed by atoms with Gasteiger partial charge in [-0.25, -0.2) is 4.98 Å². The molecule has 5 heteroatoms. The molecule has 0 radical (unpaired) electrons. The van der Waals surface area contributed by atoms with Gasteiger partial charge in [-0.2, -0.15) is 5.26 Å². The van der Waals surface area contributed by atoms with Crippen LogP contribution in [0.3, 0.4) is 0 Å². The summed E-state index contributed by atoms with van der Waals surface area (Å²) < 4.78 is 1.13. The molecule has 0 amide bonds. The first-order valence-electron chi connectivity index (χ1n) is 4.88. The summed E-state index contributed by atoms with van der Waals surface area (Å²) in [5.41, 5.74) is 7.16. The quantitative estimate of drug-likeness (QED) is 0.827. The van der Waals surface area contributed by atoms with E-state index in [1.807, 2.05) is 30.3 Å². The standard InChI is InChI=1S/C12H9IN4/c13-8-2-1-3-9(6-8)16-12-5-4-10(15)11(7-14)17-12/h1-6H,15H2,(H,16,17). The molecular weight excluding hydrogens is 327 g/mol. The fourth-order valence-electron chi connectivity index (χ4n) is 1.34. The monoisotopic (exact) mass is 336 g/mol. The lowest BCUT2D eigenvalue weighted by molar-refractivity contribution is 1.26. The van der Waals surface area contributed by atoms with E-state index in [0.29, 0.717) is 11.5 Å². The van der Waals surface area contributed by atoms with Gasteiger partial charge in [-0.3, -0.25) is 0 Å². The van der Waals surface area contributed by atoms with Crippen LogP contribution in [-0.4, -0.2) is 4.98 Å². The third-order valence-electron chi connectivity index (χ3n) is 2.13. The van der Waals surface area contributed by atoms with Crippen molar-refractivity contribution in [1.29, 1.82) is 5.26 Å². The molecule has 0 atom stereocenters. The number of nitrogen functional groups attached to an aromatic ring is 1. The van der Waals surface area contributed by atoms with Gasteiger partial charge in [0.25, 0.3) is 0 Å². The van der Waals surface area contributed by atoms with Crippen LogP contribution < -0.4 is 11.1 Å². The van der Waals surface area contributed by atoms with Crippen LogP contribution in [0.2, 0.25) is 0 Å². The molecule has 2 rings (SSSR count). The van der Waals surface area contributed by atoms with E-state index in [0.717, 1.165) is 9.26 Å². The number of nitrogens with one attached hydrogen (secondary N) is 1.